The summed E-state index contributed by atoms with van der Waals surface area (Å²) in [7, 11) is 0. The van der Waals surface area contributed by atoms with Crippen molar-refractivity contribution in [1.29, 1.82) is 0 Å². The molecule has 35 heavy (non-hydrogen) atoms. The maximum absolute atomic E-state index is 12.3. The van der Waals surface area contributed by atoms with Gasteiger partial charge >= 0.3 is 5.97 Å². The lowest BCUT2D eigenvalue weighted by Crippen LogP contribution is -2.51. The Morgan fingerprint density at radius 2 is 1.89 bits per heavy atom. The fraction of sp³-hybridized carbons (Fsp3) is 0.778. The van der Waals surface area contributed by atoms with Crippen LogP contribution in [-0.2, 0) is 19.2 Å². The smallest absolute Gasteiger partial charge is 0.328 e. The van der Waals surface area contributed by atoms with Crippen molar-refractivity contribution in [3.05, 3.63) is 11.6 Å². The van der Waals surface area contributed by atoms with Gasteiger partial charge in [0.05, 0.1) is 11.8 Å². The summed E-state index contributed by atoms with van der Waals surface area (Å²) in [5.74, 6) is 0.604. The number of aliphatic hydroxyl groups is 1. The van der Waals surface area contributed by atoms with Crippen LogP contribution in [0.15, 0.2) is 16.8 Å². The van der Waals surface area contributed by atoms with E-state index in [1.807, 2.05) is 0 Å². The zero-order valence-corrected chi connectivity index (χ0v) is 21.4. The first-order chi connectivity index (χ1) is 16.5. The number of allylic oxidation sites excluding steroid dienone is 2. The third-order valence-corrected chi connectivity index (χ3v) is 9.91. The Morgan fingerprint density at radius 3 is 2.54 bits per heavy atom. The van der Waals surface area contributed by atoms with Crippen molar-refractivity contribution in [2.24, 2.45) is 39.7 Å². The standard InChI is InChI=1S/C27H40N2O6/c1-15(30)20-7-8-21-19-6-5-17-13-18(9-11-26(17,3)22(19)10-12-27(20,21)4)29-35-14-23(32)28-24(16(2)31)25(33)34/h13,16,19-22,24,31H,5-12,14H2,1-4H3,(H,28,32)(H,33,34). The zero-order valence-electron chi connectivity index (χ0n) is 21.4. The number of ketones is 1. The number of oxime groups is 1. The zero-order chi connectivity index (χ0) is 25.5. The minimum atomic E-state index is -1.38. The minimum absolute atomic E-state index is 0.140. The lowest BCUT2D eigenvalue weighted by molar-refractivity contribution is -0.145. The van der Waals surface area contributed by atoms with E-state index in [4.69, 9.17) is 9.94 Å². The summed E-state index contributed by atoms with van der Waals surface area (Å²) in [6.45, 7) is 7.46. The summed E-state index contributed by atoms with van der Waals surface area (Å²) in [5, 5.41) is 25.0. The highest BCUT2D eigenvalue weighted by molar-refractivity contribution is 5.96. The SMILES string of the molecule is CC(=O)C1CCC2C3CCC4=CC(=NOCC(=O)NC(C(=O)O)C(C)O)CCC4(C)C3CCC12C. The quantitative estimate of drug-likeness (QED) is 0.471. The molecule has 4 aliphatic rings. The summed E-state index contributed by atoms with van der Waals surface area (Å²) in [5.41, 5.74) is 2.53. The normalized spacial score (nSPS) is 38.9. The fourth-order valence-corrected chi connectivity index (χ4v) is 8.09. The van der Waals surface area contributed by atoms with Crippen molar-refractivity contribution in [1.82, 2.24) is 5.32 Å². The summed E-state index contributed by atoms with van der Waals surface area (Å²) >= 11 is 0. The summed E-state index contributed by atoms with van der Waals surface area (Å²) in [4.78, 5) is 40.7. The molecular weight excluding hydrogens is 448 g/mol. The van der Waals surface area contributed by atoms with E-state index in [2.05, 4.69) is 30.4 Å². The van der Waals surface area contributed by atoms with Gasteiger partial charge in [0.2, 0.25) is 0 Å². The van der Waals surface area contributed by atoms with Gasteiger partial charge in [-0.1, -0.05) is 24.6 Å². The van der Waals surface area contributed by atoms with E-state index in [1.165, 1.54) is 25.3 Å². The molecule has 0 aromatic rings. The van der Waals surface area contributed by atoms with Crippen LogP contribution in [0.1, 0.15) is 79.1 Å². The van der Waals surface area contributed by atoms with Gasteiger partial charge in [-0.05, 0) is 99.9 Å². The molecule has 4 rings (SSSR count). The van der Waals surface area contributed by atoms with Gasteiger partial charge in [-0.15, -0.1) is 0 Å². The Labute approximate surface area is 207 Å². The summed E-state index contributed by atoms with van der Waals surface area (Å²) in [6, 6.07) is -1.38. The topological polar surface area (TPSA) is 125 Å². The van der Waals surface area contributed by atoms with Crippen molar-refractivity contribution in [3.8, 4) is 0 Å². The largest absolute Gasteiger partial charge is 0.480 e. The first kappa shape index (κ1) is 25.9. The molecule has 0 bridgehead atoms. The number of carboxylic acid groups (broad SMARTS) is 1. The molecule has 194 valence electrons. The lowest BCUT2D eigenvalue weighted by Gasteiger charge is -2.58. The molecule has 0 heterocycles. The van der Waals surface area contributed by atoms with Crippen molar-refractivity contribution in [2.75, 3.05) is 6.61 Å². The molecule has 1 amide bonds. The second-order valence-electron chi connectivity index (χ2n) is 11.8. The van der Waals surface area contributed by atoms with E-state index in [0.717, 1.165) is 44.2 Å². The van der Waals surface area contributed by atoms with Crippen LogP contribution in [0.3, 0.4) is 0 Å². The number of nitrogens with one attached hydrogen (secondary N) is 1. The molecular formula is C27H40N2O6. The second-order valence-corrected chi connectivity index (χ2v) is 11.8. The Kier molecular flexibility index (Phi) is 7.15. The number of aliphatic hydroxyl groups excluding tert-OH is 1. The average Bonchev–Trinajstić information content (AvgIpc) is 3.14. The Bertz CT molecular complexity index is 942. The number of carboxylic acids is 1. The molecule has 8 heteroatoms. The van der Waals surface area contributed by atoms with Gasteiger partial charge < -0.3 is 20.4 Å². The monoisotopic (exact) mass is 488 g/mol. The van der Waals surface area contributed by atoms with Gasteiger partial charge in [0.25, 0.3) is 5.91 Å². The second kappa shape index (κ2) is 9.68. The molecule has 0 aliphatic heterocycles. The number of Topliss-reactive ketones (excluding diaryl/α,β-unsaturated/α-hetero) is 1. The average molecular weight is 489 g/mol. The number of carbonyl (C=O) groups excluding carboxylic acids is 2. The molecule has 0 spiro atoms. The molecule has 3 N–H and O–H groups in total. The predicted molar refractivity (Wildman–Crippen MR) is 131 cm³/mol. The molecule has 3 fully saturated rings. The van der Waals surface area contributed by atoms with E-state index < -0.39 is 30.6 Å². The number of nitrogens with zero attached hydrogens (tertiary/aromatic N) is 1. The number of rotatable bonds is 7. The highest BCUT2D eigenvalue weighted by atomic mass is 16.6. The van der Waals surface area contributed by atoms with Gasteiger partial charge in [0.15, 0.2) is 12.6 Å². The molecule has 8 unspecified atom stereocenters. The Morgan fingerprint density at radius 1 is 1.14 bits per heavy atom. The van der Waals surface area contributed by atoms with E-state index in [1.54, 1.807) is 6.92 Å². The number of amides is 1. The molecule has 8 nitrogen and oxygen atoms in total. The van der Waals surface area contributed by atoms with E-state index in [0.29, 0.717) is 23.5 Å². The lowest BCUT2D eigenvalue weighted by atomic mass is 9.46. The third-order valence-electron chi connectivity index (χ3n) is 9.91. The predicted octanol–water partition coefficient (Wildman–Crippen LogP) is 3.48. The highest BCUT2D eigenvalue weighted by Crippen LogP contribution is 2.66. The maximum atomic E-state index is 12.3. The molecule has 0 radical (unpaired) electrons. The van der Waals surface area contributed by atoms with Gasteiger partial charge in [-0.25, -0.2) is 4.79 Å². The first-order valence-corrected chi connectivity index (χ1v) is 13.1. The van der Waals surface area contributed by atoms with Gasteiger partial charge in [-0.2, -0.15) is 0 Å². The van der Waals surface area contributed by atoms with Crippen LogP contribution in [0, 0.1) is 34.5 Å². The number of hydrogen-bond acceptors (Lipinski definition) is 6. The molecule has 8 atom stereocenters. The summed E-state index contributed by atoms with van der Waals surface area (Å²) < 4.78 is 0. The van der Waals surface area contributed by atoms with Gasteiger partial charge in [0, 0.05) is 5.92 Å². The molecule has 3 saturated carbocycles. The van der Waals surface area contributed by atoms with Crippen LogP contribution >= 0.6 is 0 Å². The van der Waals surface area contributed by atoms with E-state index in [9.17, 15) is 19.5 Å². The van der Waals surface area contributed by atoms with Crippen LogP contribution in [0.25, 0.3) is 0 Å². The number of carbonyl (C=O) groups is 3. The summed E-state index contributed by atoms with van der Waals surface area (Å²) in [6.07, 6.45) is 9.42. The highest BCUT2D eigenvalue weighted by Gasteiger charge is 2.59. The van der Waals surface area contributed by atoms with Crippen LogP contribution < -0.4 is 5.32 Å². The van der Waals surface area contributed by atoms with Crippen molar-refractivity contribution in [2.45, 2.75) is 91.2 Å². The van der Waals surface area contributed by atoms with Crippen LogP contribution in [0.2, 0.25) is 0 Å². The van der Waals surface area contributed by atoms with E-state index in [-0.39, 0.29) is 16.7 Å². The van der Waals surface area contributed by atoms with Gasteiger partial charge in [-0.3, -0.25) is 9.59 Å². The Hall–Kier alpha value is -2.22. The van der Waals surface area contributed by atoms with Gasteiger partial charge in [0.1, 0.15) is 5.78 Å². The van der Waals surface area contributed by atoms with Crippen LogP contribution in [0.5, 0.6) is 0 Å². The van der Waals surface area contributed by atoms with Crippen molar-refractivity contribution in [3.63, 3.8) is 0 Å². The van der Waals surface area contributed by atoms with Crippen molar-refractivity contribution < 1.29 is 29.4 Å². The molecule has 0 aromatic heterocycles. The third kappa shape index (κ3) is 4.66. The molecule has 0 saturated heterocycles. The number of aliphatic carboxylic acids is 1. The molecule has 4 aliphatic carbocycles. The number of hydrogen-bond donors (Lipinski definition) is 3. The van der Waals surface area contributed by atoms with Crippen LogP contribution in [-0.4, -0.2) is 52.3 Å². The first-order valence-electron chi connectivity index (χ1n) is 13.1. The number of fused-ring (bicyclic) bond motifs is 5. The van der Waals surface area contributed by atoms with Crippen LogP contribution in [0.4, 0.5) is 0 Å². The minimum Gasteiger partial charge on any atom is -0.480 e. The fourth-order valence-electron chi connectivity index (χ4n) is 8.09. The Balaban J connectivity index is 1.40. The molecule has 0 aromatic carbocycles. The van der Waals surface area contributed by atoms with Crippen molar-refractivity contribution >= 4 is 23.4 Å². The van der Waals surface area contributed by atoms with E-state index >= 15 is 0 Å². The maximum Gasteiger partial charge on any atom is 0.328 e.